The van der Waals surface area contributed by atoms with Crippen molar-refractivity contribution in [2.75, 3.05) is 0 Å². The van der Waals surface area contributed by atoms with Crippen LogP contribution in [0, 0.1) is 0 Å². The molecule has 1 N–H and O–H groups in total. The van der Waals surface area contributed by atoms with Gasteiger partial charge < -0.3 is 5.32 Å². The van der Waals surface area contributed by atoms with Crippen molar-refractivity contribution < 1.29 is 4.79 Å². The fourth-order valence-electron chi connectivity index (χ4n) is 1.08. The maximum absolute atomic E-state index is 11.3. The zero-order valence-electron chi connectivity index (χ0n) is 7.05. The van der Waals surface area contributed by atoms with Crippen LogP contribution in [0.2, 0.25) is 0 Å². The molecule has 0 aromatic carbocycles. The van der Waals surface area contributed by atoms with Gasteiger partial charge in [-0.2, -0.15) is 0 Å². The SMILES string of the molecule is C=C/C=C1/C(=O)C(=C)N/C1=C/C. The first-order chi connectivity index (χ1) is 5.70. The quantitative estimate of drug-likeness (QED) is 0.593. The molecule has 0 unspecified atom stereocenters. The average molecular weight is 161 g/mol. The summed E-state index contributed by atoms with van der Waals surface area (Å²) < 4.78 is 0. The second-order valence-electron chi connectivity index (χ2n) is 2.45. The molecule has 0 amide bonds. The summed E-state index contributed by atoms with van der Waals surface area (Å²) in [4.78, 5) is 11.3. The molecule has 0 spiro atoms. The standard InChI is InChI=1S/C10H11NO/c1-4-6-8-9(5-2)11-7(3)10(8)12/h4-6,11H,1,3H2,2H3/b8-6+,9-5+. The Bertz CT molecular complexity index is 308. The number of hydrogen-bond acceptors (Lipinski definition) is 2. The first-order valence-electron chi connectivity index (χ1n) is 3.70. The number of nitrogens with one attached hydrogen (secondary N) is 1. The number of ketones is 1. The van der Waals surface area contributed by atoms with Gasteiger partial charge in [0.2, 0.25) is 5.78 Å². The highest BCUT2D eigenvalue weighted by molar-refractivity contribution is 6.14. The van der Waals surface area contributed by atoms with Gasteiger partial charge in [0.05, 0.1) is 5.70 Å². The van der Waals surface area contributed by atoms with Gasteiger partial charge in [0.25, 0.3) is 0 Å². The van der Waals surface area contributed by atoms with Crippen molar-refractivity contribution >= 4 is 5.78 Å². The zero-order chi connectivity index (χ0) is 9.14. The Hall–Kier alpha value is -1.57. The third-order valence-corrected chi connectivity index (χ3v) is 1.67. The fraction of sp³-hybridized carbons (Fsp3) is 0.100. The van der Waals surface area contributed by atoms with Gasteiger partial charge in [-0.25, -0.2) is 0 Å². The van der Waals surface area contributed by atoms with Crippen molar-refractivity contribution in [3.05, 3.63) is 48.4 Å². The van der Waals surface area contributed by atoms with E-state index >= 15 is 0 Å². The van der Waals surface area contributed by atoms with Gasteiger partial charge in [0.1, 0.15) is 0 Å². The summed E-state index contributed by atoms with van der Waals surface area (Å²) in [6.45, 7) is 8.99. The average Bonchev–Trinajstić information content (AvgIpc) is 2.33. The molecular weight excluding hydrogens is 150 g/mol. The smallest absolute Gasteiger partial charge is 0.210 e. The lowest BCUT2D eigenvalue weighted by Crippen LogP contribution is -2.02. The molecule has 1 fully saturated rings. The third kappa shape index (κ3) is 1.23. The molecule has 0 aromatic rings. The molecule has 2 nitrogen and oxygen atoms in total. The molecule has 1 rings (SSSR count). The highest BCUT2D eigenvalue weighted by Crippen LogP contribution is 2.20. The molecule has 62 valence electrons. The Morgan fingerprint density at radius 2 is 2.17 bits per heavy atom. The lowest BCUT2D eigenvalue weighted by atomic mass is 10.1. The summed E-state index contributed by atoms with van der Waals surface area (Å²) >= 11 is 0. The summed E-state index contributed by atoms with van der Waals surface area (Å²) in [6, 6.07) is 0. The maximum atomic E-state index is 11.3. The molecule has 0 atom stereocenters. The van der Waals surface area contributed by atoms with E-state index in [1.165, 1.54) is 0 Å². The number of hydrogen-bond donors (Lipinski definition) is 1. The molecule has 12 heavy (non-hydrogen) atoms. The number of allylic oxidation sites excluding steroid dienone is 5. The second kappa shape index (κ2) is 3.22. The van der Waals surface area contributed by atoms with Crippen LogP contribution in [-0.2, 0) is 4.79 Å². The summed E-state index contributed by atoms with van der Waals surface area (Å²) in [5, 5.41) is 2.89. The van der Waals surface area contributed by atoms with E-state index < -0.39 is 0 Å². The van der Waals surface area contributed by atoms with Gasteiger partial charge in [-0.15, -0.1) is 0 Å². The molecule has 1 aliphatic heterocycles. The Labute approximate surface area is 72.0 Å². The van der Waals surface area contributed by atoms with Gasteiger partial charge in [-0.1, -0.05) is 25.3 Å². The van der Waals surface area contributed by atoms with Crippen molar-refractivity contribution in [2.45, 2.75) is 6.92 Å². The maximum Gasteiger partial charge on any atom is 0.210 e. The minimum Gasteiger partial charge on any atom is -0.352 e. The Kier molecular flexibility index (Phi) is 2.29. The molecule has 1 heterocycles. The van der Waals surface area contributed by atoms with Crippen LogP contribution in [0.4, 0.5) is 0 Å². The van der Waals surface area contributed by atoms with Crippen molar-refractivity contribution in [3.8, 4) is 0 Å². The van der Waals surface area contributed by atoms with E-state index in [4.69, 9.17) is 0 Å². The first kappa shape index (κ1) is 8.53. The van der Waals surface area contributed by atoms with Crippen LogP contribution < -0.4 is 5.32 Å². The second-order valence-corrected chi connectivity index (χ2v) is 2.45. The van der Waals surface area contributed by atoms with E-state index in [1.807, 2.05) is 13.0 Å². The molecule has 0 aromatic heterocycles. The summed E-state index contributed by atoms with van der Waals surface area (Å²) in [5.74, 6) is -0.0528. The van der Waals surface area contributed by atoms with Crippen molar-refractivity contribution in [3.63, 3.8) is 0 Å². The third-order valence-electron chi connectivity index (χ3n) is 1.67. The van der Waals surface area contributed by atoms with Crippen LogP contribution in [0.3, 0.4) is 0 Å². The van der Waals surface area contributed by atoms with E-state index in [9.17, 15) is 4.79 Å². The predicted molar refractivity (Wildman–Crippen MR) is 49.3 cm³/mol. The normalized spacial score (nSPS) is 23.4. The highest BCUT2D eigenvalue weighted by Gasteiger charge is 2.24. The van der Waals surface area contributed by atoms with Gasteiger partial charge in [-0.05, 0) is 13.0 Å². The Morgan fingerprint density at radius 3 is 2.67 bits per heavy atom. The number of carbonyl (C=O) groups is 1. The Balaban J connectivity index is 3.13. The lowest BCUT2D eigenvalue weighted by Gasteiger charge is -1.94. The summed E-state index contributed by atoms with van der Waals surface area (Å²) in [6.07, 6.45) is 5.12. The van der Waals surface area contributed by atoms with Crippen LogP contribution in [0.1, 0.15) is 6.92 Å². The number of Topliss-reactive ketones (excluding diaryl/α,β-unsaturated/α-hetero) is 1. The topological polar surface area (TPSA) is 29.1 Å². The molecule has 0 bridgehead atoms. The largest absolute Gasteiger partial charge is 0.352 e. The van der Waals surface area contributed by atoms with Crippen LogP contribution in [0.5, 0.6) is 0 Å². The van der Waals surface area contributed by atoms with Crippen molar-refractivity contribution in [2.24, 2.45) is 0 Å². The first-order valence-corrected chi connectivity index (χ1v) is 3.70. The molecule has 1 aliphatic rings. The minimum absolute atomic E-state index is 0.0528. The molecule has 0 aliphatic carbocycles. The molecule has 2 heteroatoms. The molecule has 0 saturated carbocycles. The lowest BCUT2D eigenvalue weighted by molar-refractivity contribution is -0.111. The van der Waals surface area contributed by atoms with Crippen LogP contribution in [-0.4, -0.2) is 5.78 Å². The van der Waals surface area contributed by atoms with Crippen LogP contribution in [0.15, 0.2) is 48.4 Å². The summed E-state index contributed by atoms with van der Waals surface area (Å²) in [7, 11) is 0. The zero-order valence-corrected chi connectivity index (χ0v) is 7.05. The predicted octanol–water partition coefficient (Wildman–Crippen LogP) is 1.69. The Morgan fingerprint density at radius 1 is 1.50 bits per heavy atom. The molecular formula is C10H11NO. The monoisotopic (exact) mass is 161 g/mol. The van der Waals surface area contributed by atoms with E-state index in [1.54, 1.807) is 12.2 Å². The van der Waals surface area contributed by atoms with Gasteiger partial charge in [-0.3, -0.25) is 4.79 Å². The highest BCUT2D eigenvalue weighted by atomic mass is 16.1. The van der Waals surface area contributed by atoms with E-state index in [0.717, 1.165) is 5.70 Å². The fourth-order valence-corrected chi connectivity index (χ4v) is 1.08. The van der Waals surface area contributed by atoms with Gasteiger partial charge in [0.15, 0.2) is 0 Å². The van der Waals surface area contributed by atoms with Crippen molar-refractivity contribution in [1.29, 1.82) is 0 Å². The number of rotatable bonds is 1. The number of carbonyl (C=O) groups excluding carboxylic acids is 1. The van der Waals surface area contributed by atoms with Gasteiger partial charge in [0, 0.05) is 11.3 Å². The molecule has 0 radical (unpaired) electrons. The van der Waals surface area contributed by atoms with E-state index in [2.05, 4.69) is 18.5 Å². The minimum atomic E-state index is -0.0528. The van der Waals surface area contributed by atoms with E-state index in [0.29, 0.717) is 11.3 Å². The van der Waals surface area contributed by atoms with Crippen LogP contribution >= 0.6 is 0 Å². The van der Waals surface area contributed by atoms with Crippen molar-refractivity contribution in [1.82, 2.24) is 5.32 Å². The molecule has 1 saturated heterocycles. The van der Waals surface area contributed by atoms with Crippen LogP contribution in [0.25, 0.3) is 0 Å². The van der Waals surface area contributed by atoms with E-state index in [-0.39, 0.29) is 5.78 Å². The van der Waals surface area contributed by atoms with Gasteiger partial charge >= 0.3 is 0 Å². The summed E-state index contributed by atoms with van der Waals surface area (Å²) in [5.41, 5.74) is 1.87.